The Morgan fingerprint density at radius 2 is 2.04 bits per heavy atom. The van der Waals surface area contributed by atoms with Gasteiger partial charge in [0.15, 0.2) is 5.96 Å². The summed E-state index contributed by atoms with van der Waals surface area (Å²) in [5.74, 6) is 2.28. The van der Waals surface area contributed by atoms with Crippen LogP contribution in [0, 0.1) is 12.8 Å². The van der Waals surface area contributed by atoms with Crippen LogP contribution in [0.25, 0.3) is 0 Å². The first kappa shape index (κ1) is 20.5. The Bertz CT molecular complexity index is 698. The van der Waals surface area contributed by atoms with Crippen molar-refractivity contribution in [3.05, 3.63) is 29.3 Å². The van der Waals surface area contributed by atoms with Gasteiger partial charge in [0.2, 0.25) is 5.91 Å². The topological polar surface area (TPSA) is 66.0 Å². The van der Waals surface area contributed by atoms with Crippen molar-refractivity contribution in [3.8, 4) is 5.75 Å². The van der Waals surface area contributed by atoms with E-state index < -0.39 is 0 Å². The van der Waals surface area contributed by atoms with Gasteiger partial charge in [-0.3, -0.25) is 9.79 Å². The lowest BCUT2D eigenvalue weighted by atomic mass is 9.88. The van der Waals surface area contributed by atoms with Crippen LogP contribution in [-0.4, -0.2) is 50.1 Å². The molecule has 1 saturated carbocycles. The number of rotatable bonds is 5. The number of nitrogens with one attached hydrogen (secondary N) is 2. The van der Waals surface area contributed by atoms with Gasteiger partial charge in [-0.1, -0.05) is 31.4 Å². The van der Waals surface area contributed by atoms with Crippen LogP contribution in [0.5, 0.6) is 5.75 Å². The molecular formula is C22H34N4O2. The summed E-state index contributed by atoms with van der Waals surface area (Å²) in [6.45, 7) is 4.33. The molecule has 0 bridgehead atoms. The third-order valence-electron chi connectivity index (χ3n) is 5.95. The van der Waals surface area contributed by atoms with Crippen molar-refractivity contribution in [1.82, 2.24) is 15.5 Å². The number of ether oxygens (including phenoxy) is 1. The number of carbonyl (C=O) groups is 1. The molecule has 1 aliphatic heterocycles. The molecule has 1 aliphatic carbocycles. The molecule has 2 N–H and O–H groups in total. The summed E-state index contributed by atoms with van der Waals surface area (Å²) < 4.78 is 5.40. The molecule has 2 aliphatic rings. The smallest absolute Gasteiger partial charge is 0.225 e. The minimum atomic E-state index is 0.251. The standard InChI is InChI=1S/C22H34N4O2/c1-16-9-10-17(13-20(16)28-3)14-24-22(23-2)25-19-11-12-26(15-19)21(27)18-7-5-4-6-8-18/h9-10,13,18-19H,4-8,11-12,14-15H2,1-3H3,(H2,23,24,25). The van der Waals surface area contributed by atoms with Gasteiger partial charge in [-0.25, -0.2) is 0 Å². The number of benzene rings is 1. The zero-order chi connectivity index (χ0) is 19.9. The van der Waals surface area contributed by atoms with Crippen molar-refractivity contribution in [3.63, 3.8) is 0 Å². The largest absolute Gasteiger partial charge is 0.496 e. The maximum absolute atomic E-state index is 12.7. The number of amides is 1. The first-order chi connectivity index (χ1) is 13.6. The van der Waals surface area contributed by atoms with Crippen LogP contribution in [0.4, 0.5) is 0 Å². The molecule has 0 spiro atoms. The van der Waals surface area contributed by atoms with Gasteiger partial charge in [-0.05, 0) is 43.4 Å². The molecule has 0 aromatic heterocycles. The van der Waals surface area contributed by atoms with Gasteiger partial charge in [0, 0.05) is 38.6 Å². The third-order valence-corrected chi connectivity index (χ3v) is 5.95. The fourth-order valence-electron chi connectivity index (χ4n) is 4.23. The highest BCUT2D eigenvalue weighted by Crippen LogP contribution is 2.26. The number of nitrogens with zero attached hydrogens (tertiary/aromatic N) is 2. The number of likely N-dealkylation sites (tertiary alicyclic amines) is 1. The second kappa shape index (κ2) is 9.80. The Labute approximate surface area is 168 Å². The fraction of sp³-hybridized carbons (Fsp3) is 0.636. The van der Waals surface area contributed by atoms with E-state index in [2.05, 4.69) is 33.8 Å². The molecule has 0 radical (unpaired) electrons. The molecule has 154 valence electrons. The molecular weight excluding hydrogens is 352 g/mol. The van der Waals surface area contributed by atoms with E-state index in [1.807, 2.05) is 11.8 Å². The number of aliphatic imine (C=N–C) groups is 1. The quantitative estimate of drug-likeness (QED) is 0.603. The average molecular weight is 387 g/mol. The molecule has 28 heavy (non-hydrogen) atoms. The Kier molecular flexibility index (Phi) is 7.18. The summed E-state index contributed by atoms with van der Waals surface area (Å²) in [6.07, 6.45) is 6.78. The molecule has 6 nitrogen and oxygen atoms in total. The van der Waals surface area contributed by atoms with E-state index in [0.717, 1.165) is 55.2 Å². The second-order valence-corrected chi connectivity index (χ2v) is 7.98. The zero-order valence-corrected chi connectivity index (χ0v) is 17.5. The van der Waals surface area contributed by atoms with E-state index in [1.165, 1.54) is 19.3 Å². The van der Waals surface area contributed by atoms with Crippen molar-refractivity contribution < 1.29 is 9.53 Å². The Balaban J connectivity index is 1.48. The molecule has 1 unspecified atom stereocenters. The van der Waals surface area contributed by atoms with E-state index in [4.69, 9.17) is 4.74 Å². The molecule has 1 amide bonds. The van der Waals surface area contributed by atoms with Gasteiger partial charge < -0.3 is 20.3 Å². The SMILES string of the molecule is CN=C(NCc1ccc(C)c(OC)c1)NC1CCN(C(=O)C2CCCCC2)C1. The van der Waals surface area contributed by atoms with Crippen LogP contribution in [0.1, 0.15) is 49.7 Å². The first-order valence-electron chi connectivity index (χ1n) is 10.5. The number of guanidine groups is 1. The number of methoxy groups -OCH3 is 1. The van der Waals surface area contributed by atoms with Gasteiger partial charge in [0.25, 0.3) is 0 Å². The van der Waals surface area contributed by atoms with Gasteiger partial charge in [-0.2, -0.15) is 0 Å². The molecule has 2 fully saturated rings. The number of aryl methyl sites for hydroxylation is 1. The number of hydrogen-bond acceptors (Lipinski definition) is 3. The monoisotopic (exact) mass is 386 g/mol. The summed E-state index contributed by atoms with van der Waals surface area (Å²) in [5, 5.41) is 6.85. The maximum atomic E-state index is 12.7. The van der Waals surface area contributed by atoms with E-state index in [1.54, 1.807) is 14.2 Å². The van der Waals surface area contributed by atoms with E-state index in [-0.39, 0.29) is 12.0 Å². The van der Waals surface area contributed by atoms with E-state index in [9.17, 15) is 4.79 Å². The summed E-state index contributed by atoms with van der Waals surface area (Å²) in [5.41, 5.74) is 2.27. The lowest BCUT2D eigenvalue weighted by molar-refractivity contribution is -0.135. The Hall–Kier alpha value is -2.24. The minimum absolute atomic E-state index is 0.251. The van der Waals surface area contributed by atoms with Crippen molar-refractivity contribution >= 4 is 11.9 Å². The van der Waals surface area contributed by atoms with Crippen molar-refractivity contribution in [2.75, 3.05) is 27.2 Å². The van der Waals surface area contributed by atoms with Crippen molar-refractivity contribution in [2.24, 2.45) is 10.9 Å². The third kappa shape index (κ3) is 5.18. The van der Waals surface area contributed by atoms with Crippen LogP contribution in [0.15, 0.2) is 23.2 Å². The summed E-state index contributed by atoms with van der Waals surface area (Å²) in [4.78, 5) is 19.1. The second-order valence-electron chi connectivity index (χ2n) is 7.98. The molecule has 1 saturated heterocycles. The number of hydrogen-bond donors (Lipinski definition) is 2. The molecule has 1 aromatic rings. The van der Waals surface area contributed by atoms with Crippen LogP contribution < -0.4 is 15.4 Å². The first-order valence-corrected chi connectivity index (χ1v) is 10.5. The Morgan fingerprint density at radius 1 is 1.25 bits per heavy atom. The van der Waals surface area contributed by atoms with Crippen LogP contribution >= 0.6 is 0 Å². The highest BCUT2D eigenvalue weighted by atomic mass is 16.5. The van der Waals surface area contributed by atoms with Crippen molar-refractivity contribution in [1.29, 1.82) is 0 Å². The summed E-state index contributed by atoms with van der Waals surface area (Å²) >= 11 is 0. The predicted octanol–water partition coefficient (Wildman–Crippen LogP) is 2.85. The number of carbonyl (C=O) groups excluding carboxylic acids is 1. The predicted molar refractivity (Wildman–Crippen MR) is 113 cm³/mol. The lowest BCUT2D eigenvalue weighted by Crippen LogP contribution is -2.45. The highest BCUT2D eigenvalue weighted by molar-refractivity contribution is 5.81. The molecule has 6 heteroatoms. The minimum Gasteiger partial charge on any atom is -0.496 e. The molecule has 1 atom stereocenters. The Morgan fingerprint density at radius 3 is 2.75 bits per heavy atom. The van der Waals surface area contributed by atoms with Gasteiger partial charge >= 0.3 is 0 Å². The maximum Gasteiger partial charge on any atom is 0.225 e. The highest BCUT2D eigenvalue weighted by Gasteiger charge is 2.31. The normalized spacial score (nSPS) is 20.9. The zero-order valence-electron chi connectivity index (χ0n) is 17.5. The van der Waals surface area contributed by atoms with Crippen LogP contribution in [0.3, 0.4) is 0 Å². The van der Waals surface area contributed by atoms with Gasteiger partial charge in [0.05, 0.1) is 7.11 Å². The fourth-order valence-corrected chi connectivity index (χ4v) is 4.23. The molecule has 1 heterocycles. The van der Waals surface area contributed by atoms with Gasteiger partial charge in [-0.15, -0.1) is 0 Å². The summed E-state index contributed by atoms with van der Waals surface area (Å²) in [6, 6.07) is 6.47. The average Bonchev–Trinajstić information content (AvgIpc) is 3.20. The molecule has 1 aromatic carbocycles. The van der Waals surface area contributed by atoms with E-state index >= 15 is 0 Å². The van der Waals surface area contributed by atoms with Crippen LogP contribution in [0.2, 0.25) is 0 Å². The lowest BCUT2D eigenvalue weighted by Gasteiger charge is -2.26. The summed E-state index contributed by atoms with van der Waals surface area (Å²) in [7, 11) is 3.48. The van der Waals surface area contributed by atoms with Gasteiger partial charge in [0.1, 0.15) is 5.75 Å². The van der Waals surface area contributed by atoms with Crippen molar-refractivity contribution in [2.45, 2.75) is 58.0 Å². The van der Waals surface area contributed by atoms with Crippen LogP contribution in [-0.2, 0) is 11.3 Å². The van der Waals surface area contributed by atoms with E-state index in [0.29, 0.717) is 12.5 Å². The molecule has 3 rings (SSSR count).